The van der Waals surface area contributed by atoms with E-state index in [0.29, 0.717) is 19.3 Å². The van der Waals surface area contributed by atoms with Gasteiger partial charge in [0.1, 0.15) is 34.7 Å². The first-order valence-electron chi connectivity index (χ1n) is 11.1. The fraction of sp³-hybridized carbons (Fsp3) is 0.500. The van der Waals surface area contributed by atoms with E-state index in [9.17, 15) is 28.8 Å². The smallest absolute Gasteiger partial charge is 0.143 e. The molecule has 0 saturated heterocycles. The number of hydrogen-bond acceptors (Lipinski definition) is 6. The van der Waals surface area contributed by atoms with Crippen molar-refractivity contribution in [3.8, 4) is 0 Å². The number of carbonyl (C=O) groups is 6. The van der Waals surface area contributed by atoms with Gasteiger partial charge in [-0.05, 0) is 67.2 Å². The Balaban J connectivity index is -0.000000190. The number of Topliss-reactive ketones (excluding diaryl/α,β-unsaturated/α-hetero) is 6. The molecular formula is C28H44O6. The molecule has 192 valence electrons. The van der Waals surface area contributed by atoms with Gasteiger partial charge in [0.15, 0.2) is 0 Å². The molecule has 0 aliphatic heterocycles. The summed E-state index contributed by atoms with van der Waals surface area (Å²) in [6.45, 7) is 24.6. The molecule has 34 heavy (non-hydrogen) atoms. The van der Waals surface area contributed by atoms with Crippen LogP contribution in [0.1, 0.15) is 80.6 Å². The fourth-order valence-electron chi connectivity index (χ4n) is 2.53. The van der Waals surface area contributed by atoms with Crippen molar-refractivity contribution < 1.29 is 28.8 Å². The minimum atomic E-state index is -0.913. The van der Waals surface area contributed by atoms with Crippen molar-refractivity contribution in [2.24, 2.45) is 11.3 Å². The van der Waals surface area contributed by atoms with Crippen molar-refractivity contribution in [2.45, 2.75) is 80.6 Å². The first-order chi connectivity index (χ1) is 15.6. The largest absolute Gasteiger partial charge is 0.300 e. The molecular weight excluding hydrogens is 432 g/mol. The van der Waals surface area contributed by atoms with E-state index in [1.807, 2.05) is 6.08 Å². The lowest BCUT2D eigenvalue weighted by Crippen LogP contribution is -2.35. The molecule has 0 unspecified atom stereocenters. The highest BCUT2D eigenvalue weighted by molar-refractivity contribution is 6.05. The summed E-state index contributed by atoms with van der Waals surface area (Å²) in [7, 11) is 0. The molecule has 0 rings (SSSR count). The van der Waals surface area contributed by atoms with E-state index in [0.717, 1.165) is 6.42 Å². The Morgan fingerprint density at radius 3 is 1.06 bits per heavy atom. The van der Waals surface area contributed by atoms with E-state index >= 15 is 0 Å². The van der Waals surface area contributed by atoms with Crippen LogP contribution in [0.3, 0.4) is 0 Å². The molecule has 0 aliphatic rings. The van der Waals surface area contributed by atoms with Crippen LogP contribution in [0.4, 0.5) is 0 Å². The summed E-state index contributed by atoms with van der Waals surface area (Å²) in [4.78, 5) is 64.2. The maximum absolute atomic E-state index is 11.4. The number of rotatable bonds is 13. The average Bonchev–Trinajstić information content (AvgIpc) is 2.71. The molecule has 0 N–H and O–H groups in total. The molecule has 0 spiro atoms. The molecule has 0 amide bonds. The Kier molecular flexibility index (Phi) is 26.0. The SMILES string of the molecule is C=CCC.C=CCC(C(C)=O)C(C)=O.C=CCC(CC=C)(C(C)=O)C(C)=O.CC(=O)CC(C)=O. The van der Waals surface area contributed by atoms with Crippen LogP contribution in [0.15, 0.2) is 50.6 Å². The van der Waals surface area contributed by atoms with Crippen LogP contribution < -0.4 is 0 Å². The van der Waals surface area contributed by atoms with Crippen molar-refractivity contribution in [3.63, 3.8) is 0 Å². The highest BCUT2D eigenvalue weighted by Gasteiger charge is 2.37. The van der Waals surface area contributed by atoms with Crippen LogP contribution >= 0.6 is 0 Å². The molecule has 6 nitrogen and oxygen atoms in total. The molecule has 0 atom stereocenters. The lowest BCUT2D eigenvalue weighted by atomic mass is 9.74. The molecule has 0 bridgehead atoms. The average molecular weight is 477 g/mol. The summed E-state index contributed by atoms with van der Waals surface area (Å²) in [6.07, 6.45) is 9.09. The Hall–Kier alpha value is -3.02. The second-order valence-electron chi connectivity index (χ2n) is 7.76. The van der Waals surface area contributed by atoms with Gasteiger partial charge >= 0.3 is 0 Å². The predicted octanol–water partition coefficient (Wildman–Crippen LogP) is 5.80. The Morgan fingerprint density at radius 2 is 0.971 bits per heavy atom. The van der Waals surface area contributed by atoms with Gasteiger partial charge in [-0.1, -0.05) is 31.2 Å². The van der Waals surface area contributed by atoms with Gasteiger partial charge in [-0.2, -0.15) is 0 Å². The molecule has 0 aromatic heterocycles. The first-order valence-corrected chi connectivity index (χ1v) is 11.1. The number of carbonyl (C=O) groups excluding carboxylic acids is 6. The summed E-state index contributed by atoms with van der Waals surface area (Å²) < 4.78 is 0. The van der Waals surface area contributed by atoms with E-state index in [1.165, 1.54) is 41.5 Å². The van der Waals surface area contributed by atoms with Crippen LogP contribution in [0.2, 0.25) is 0 Å². The molecule has 0 saturated carbocycles. The van der Waals surface area contributed by atoms with E-state index in [-0.39, 0.29) is 41.1 Å². The zero-order chi connectivity index (χ0) is 27.9. The summed E-state index contributed by atoms with van der Waals surface area (Å²) in [6, 6.07) is 0. The van der Waals surface area contributed by atoms with E-state index in [2.05, 4.69) is 33.2 Å². The molecule has 0 aromatic carbocycles. The van der Waals surface area contributed by atoms with Crippen LogP contribution in [-0.4, -0.2) is 34.7 Å². The quantitative estimate of drug-likeness (QED) is 0.246. The third-order valence-electron chi connectivity index (χ3n) is 4.50. The van der Waals surface area contributed by atoms with Gasteiger partial charge in [0, 0.05) is 0 Å². The van der Waals surface area contributed by atoms with Gasteiger partial charge < -0.3 is 0 Å². The topological polar surface area (TPSA) is 102 Å². The first kappa shape index (κ1) is 38.3. The Bertz CT molecular complexity index is 675. The Labute approximate surface area is 206 Å². The molecule has 0 fully saturated rings. The van der Waals surface area contributed by atoms with E-state index < -0.39 is 11.3 Å². The van der Waals surface area contributed by atoms with Crippen molar-refractivity contribution in [1.82, 2.24) is 0 Å². The second kappa shape index (κ2) is 23.1. The van der Waals surface area contributed by atoms with Gasteiger partial charge in [0.2, 0.25) is 0 Å². The highest BCUT2D eigenvalue weighted by atomic mass is 16.2. The standard InChI is InChI=1S/C11H16O2.C8H12O2.C5H8O2.C4H8/c1-5-7-11(8-6-2,9(3)12)10(4)13;1-4-5-8(6(2)9)7(3)10;1-4(6)3-5(2)7;1-3-4-2/h5-6H,1-2,7-8H2,3-4H3;4,8H,1,5H2,2-3H3;3H2,1-2H3;3H,1,4H2,2H3. The van der Waals surface area contributed by atoms with Gasteiger partial charge in [0.25, 0.3) is 0 Å². The fourth-order valence-corrected chi connectivity index (χ4v) is 2.53. The maximum Gasteiger partial charge on any atom is 0.143 e. The van der Waals surface area contributed by atoms with Gasteiger partial charge in [0.05, 0.1) is 17.8 Å². The molecule has 0 aliphatic carbocycles. The van der Waals surface area contributed by atoms with Crippen LogP contribution in [0.5, 0.6) is 0 Å². The molecule has 0 radical (unpaired) electrons. The third kappa shape index (κ3) is 20.9. The minimum Gasteiger partial charge on any atom is -0.300 e. The van der Waals surface area contributed by atoms with Crippen molar-refractivity contribution in [2.75, 3.05) is 0 Å². The monoisotopic (exact) mass is 476 g/mol. The highest BCUT2D eigenvalue weighted by Crippen LogP contribution is 2.30. The number of ketones is 6. The molecule has 6 heteroatoms. The summed E-state index contributed by atoms with van der Waals surface area (Å²) in [5.74, 6) is -0.961. The molecule has 0 aromatic rings. The number of allylic oxidation sites excluding steroid dienone is 4. The lowest BCUT2D eigenvalue weighted by molar-refractivity contribution is -0.138. The zero-order valence-electron chi connectivity index (χ0n) is 22.2. The van der Waals surface area contributed by atoms with Gasteiger partial charge in [-0.25, -0.2) is 0 Å². The molecule has 0 heterocycles. The van der Waals surface area contributed by atoms with Gasteiger partial charge in [-0.3, -0.25) is 28.8 Å². The summed E-state index contributed by atoms with van der Waals surface area (Å²) >= 11 is 0. The summed E-state index contributed by atoms with van der Waals surface area (Å²) in [5.41, 5.74) is -0.913. The van der Waals surface area contributed by atoms with Gasteiger partial charge in [-0.15, -0.1) is 26.3 Å². The zero-order valence-corrected chi connectivity index (χ0v) is 22.2. The third-order valence-corrected chi connectivity index (χ3v) is 4.50. The van der Waals surface area contributed by atoms with Crippen LogP contribution in [-0.2, 0) is 28.8 Å². The van der Waals surface area contributed by atoms with E-state index in [1.54, 1.807) is 18.2 Å². The van der Waals surface area contributed by atoms with Crippen molar-refractivity contribution >= 4 is 34.7 Å². The van der Waals surface area contributed by atoms with E-state index in [4.69, 9.17) is 0 Å². The lowest BCUT2D eigenvalue weighted by Gasteiger charge is -2.25. The number of hydrogen-bond donors (Lipinski definition) is 0. The van der Waals surface area contributed by atoms with Crippen LogP contribution in [0, 0.1) is 11.3 Å². The second-order valence-corrected chi connectivity index (χ2v) is 7.76. The maximum atomic E-state index is 11.4. The Morgan fingerprint density at radius 1 is 0.647 bits per heavy atom. The normalized spacial score (nSPS) is 9.29. The predicted molar refractivity (Wildman–Crippen MR) is 140 cm³/mol. The summed E-state index contributed by atoms with van der Waals surface area (Å²) in [5, 5.41) is 0. The van der Waals surface area contributed by atoms with Crippen LogP contribution in [0.25, 0.3) is 0 Å². The van der Waals surface area contributed by atoms with Crippen molar-refractivity contribution in [3.05, 3.63) is 50.6 Å². The minimum absolute atomic E-state index is 0.0625. The van der Waals surface area contributed by atoms with Crippen molar-refractivity contribution in [1.29, 1.82) is 0 Å².